The fourth-order valence-electron chi connectivity index (χ4n) is 2.09. The summed E-state index contributed by atoms with van der Waals surface area (Å²) in [5.41, 5.74) is 2.20. The number of carbonyl (C=O) groups is 1. The van der Waals surface area contributed by atoms with E-state index < -0.39 is 16.0 Å². The molecule has 0 unspecified atom stereocenters. The zero-order valence-corrected chi connectivity index (χ0v) is 14.8. The molecule has 6 heteroatoms. The predicted molar refractivity (Wildman–Crippen MR) is 92.2 cm³/mol. The van der Waals surface area contributed by atoms with Gasteiger partial charge in [0.15, 0.2) is 0 Å². The van der Waals surface area contributed by atoms with Crippen LogP contribution in [0.5, 0.6) is 0 Å². The molecule has 1 N–H and O–H groups in total. The lowest BCUT2D eigenvalue weighted by Crippen LogP contribution is -2.30. The van der Waals surface area contributed by atoms with Crippen molar-refractivity contribution >= 4 is 16.0 Å². The van der Waals surface area contributed by atoms with E-state index in [-0.39, 0.29) is 23.1 Å². The highest BCUT2D eigenvalue weighted by atomic mass is 32.2. The summed E-state index contributed by atoms with van der Waals surface area (Å²) < 4.78 is 32.1. The number of rotatable bonds is 6. The molecule has 0 saturated heterocycles. The maximum Gasteiger partial charge on any atom is 0.338 e. The summed E-state index contributed by atoms with van der Waals surface area (Å²) in [4.78, 5) is 12.2. The Bertz CT molecular complexity index is 811. The molecule has 0 aliphatic rings. The molecule has 0 bridgehead atoms. The summed E-state index contributed by atoms with van der Waals surface area (Å²) in [5.74, 6) is -0.558. The van der Waals surface area contributed by atoms with E-state index in [2.05, 4.69) is 4.72 Å². The molecule has 0 saturated carbocycles. The van der Waals surface area contributed by atoms with Crippen molar-refractivity contribution in [2.75, 3.05) is 0 Å². The van der Waals surface area contributed by atoms with Crippen LogP contribution in [-0.2, 0) is 21.4 Å². The van der Waals surface area contributed by atoms with Crippen molar-refractivity contribution in [3.63, 3.8) is 0 Å². The van der Waals surface area contributed by atoms with Gasteiger partial charge in [-0.3, -0.25) is 0 Å². The quantitative estimate of drug-likeness (QED) is 0.815. The molecule has 0 amide bonds. The Morgan fingerprint density at radius 2 is 1.79 bits per heavy atom. The van der Waals surface area contributed by atoms with Gasteiger partial charge in [-0.1, -0.05) is 35.9 Å². The van der Waals surface area contributed by atoms with Crippen LogP contribution < -0.4 is 4.72 Å². The maximum atomic E-state index is 12.2. The van der Waals surface area contributed by atoms with Crippen LogP contribution in [0.3, 0.4) is 0 Å². The van der Waals surface area contributed by atoms with Crippen LogP contribution in [0.25, 0.3) is 0 Å². The largest absolute Gasteiger partial charge is 0.457 e. The highest BCUT2D eigenvalue weighted by Gasteiger charge is 2.17. The van der Waals surface area contributed by atoms with Crippen LogP contribution in [0.4, 0.5) is 0 Å². The first-order chi connectivity index (χ1) is 11.3. The molecule has 24 heavy (non-hydrogen) atoms. The number of nitrogens with one attached hydrogen (secondary N) is 1. The highest BCUT2D eigenvalue weighted by molar-refractivity contribution is 7.89. The number of sulfonamides is 1. The molecule has 0 fully saturated rings. The topological polar surface area (TPSA) is 72.5 Å². The summed E-state index contributed by atoms with van der Waals surface area (Å²) in [6.07, 6.45) is 0. The lowest BCUT2D eigenvalue weighted by Gasteiger charge is -2.10. The number of aryl methyl sites for hydroxylation is 1. The molecule has 5 nitrogen and oxygen atoms in total. The Morgan fingerprint density at radius 1 is 1.12 bits per heavy atom. The third-order valence-corrected chi connectivity index (χ3v) is 4.92. The number of benzene rings is 2. The minimum absolute atomic E-state index is 0.0426. The van der Waals surface area contributed by atoms with Crippen molar-refractivity contribution in [2.24, 2.45) is 0 Å². The van der Waals surface area contributed by atoms with Crippen LogP contribution in [0, 0.1) is 6.92 Å². The van der Waals surface area contributed by atoms with Gasteiger partial charge in [-0.25, -0.2) is 17.9 Å². The fourth-order valence-corrected chi connectivity index (χ4v) is 3.38. The van der Waals surface area contributed by atoms with Gasteiger partial charge >= 0.3 is 5.97 Å². The van der Waals surface area contributed by atoms with Gasteiger partial charge in [-0.15, -0.1) is 0 Å². The SMILES string of the molecule is Cc1ccc(COC(=O)c2cccc(S(=O)(=O)NC(C)C)c2)cc1. The normalized spacial score (nSPS) is 11.5. The molecule has 0 spiro atoms. The summed E-state index contributed by atoms with van der Waals surface area (Å²) >= 11 is 0. The number of hydrogen-bond donors (Lipinski definition) is 1. The molecule has 0 heterocycles. The predicted octanol–water partition coefficient (Wildman–Crippen LogP) is 3.04. The lowest BCUT2D eigenvalue weighted by molar-refractivity contribution is 0.0472. The first kappa shape index (κ1) is 18.2. The van der Waals surface area contributed by atoms with Crippen LogP contribution in [0.15, 0.2) is 53.4 Å². The molecule has 0 aliphatic heterocycles. The Morgan fingerprint density at radius 3 is 2.42 bits per heavy atom. The van der Waals surface area contributed by atoms with E-state index in [0.29, 0.717) is 0 Å². The number of esters is 1. The van der Waals surface area contributed by atoms with Crippen molar-refractivity contribution in [1.29, 1.82) is 0 Å². The van der Waals surface area contributed by atoms with Gasteiger partial charge in [-0.05, 0) is 44.5 Å². The summed E-state index contributed by atoms with van der Waals surface area (Å²) in [5, 5.41) is 0. The van der Waals surface area contributed by atoms with Crippen LogP contribution >= 0.6 is 0 Å². The van der Waals surface area contributed by atoms with E-state index >= 15 is 0 Å². The van der Waals surface area contributed by atoms with E-state index in [1.807, 2.05) is 31.2 Å². The first-order valence-electron chi connectivity index (χ1n) is 7.63. The molecule has 2 aromatic carbocycles. The number of ether oxygens (including phenoxy) is 1. The Hall–Kier alpha value is -2.18. The van der Waals surface area contributed by atoms with Gasteiger partial charge in [-0.2, -0.15) is 0 Å². The van der Waals surface area contributed by atoms with E-state index in [4.69, 9.17) is 4.74 Å². The molecular weight excluding hydrogens is 326 g/mol. The monoisotopic (exact) mass is 347 g/mol. The fraction of sp³-hybridized carbons (Fsp3) is 0.278. The maximum absolute atomic E-state index is 12.2. The van der Waals surface area contributed by atoms with Gasteiger partial charge < -0.3 is 4.74 Å². The highest BCUT2D eigenvalue weighted by Crippen LogP contribution is 2.14. The molecule has 0 aromatic heterocycles. The molecule has 128 valence electrons. The second-order valence-corrected chi connectivity index (χ2v) is 7.58. The van der Waals surface area contributed by atoms with Crippen molar-refractivity contribution in [2.45, 2.75) is 38.3 Å². The third kappa shape index (κ3) is 4.91. The average molecular weight is 347 g/mol. The van der Waals surface area contributed by atoms with Crippen molar-refractivity contribution in [3.05, 3.63) is 65.2 Å². The van der Waals surface area contributed by atoms with E-state index in [1.165, 1.54) is 24.3 Å². The second-order valence-electron chi connectivity index (χ2n) is 5.87. The van der Waals surface area contributed by atoms with Crippen molar-refractivity contribution < 1.29 is 17.9 Å². The molecule has 2 rings (SSSR count). The number of carbonyl (C=O) groups excluding carboxylic acids is 1. The van der Waals surface area contributed by atoms with Crippen LogP contribution in [0.2, 0.25) is 0 Å². The van der Waals surface area contributed by atoms with Gasteiger partial charge in [0.25, 0.3) is 0 Å². The van der Waals surface area contributed by atoms with Crippen LogP contribution in [-0.4, -0.2) is 20.4 Å². The zero-order valence-electron chi connectivity index (χ0n) is 13.9. The minimum Gasteiger partial charge on any atom is -0.457 e. The Labute approximate surface area is 142 Å². The standard InChI is InChI=1S/C18H21NO4S/c1-13(2)19-24(21,22)17-6-4-5-16(11-17)18(20)23-12-15-9-7-14(3)8-10-15/h4-11,13,19H,12H2,1-3H3. The lowest BCUT2D eigenvalue weighted by atomic mass is 10.2. The summed E-state index contributed by atoms with van der Waals surface area (Å²) in [7, 11) is -3.65. The second kappa shape index (κ2) is 7.59. The van der Waals surface area contributed by atoms with Crippen LogP contribution in [0.1, 0.15) is 35.3 Å². The van der Waals surface area contributed by atoms with Gasteiger partial charge in [0, 0.05) is 6.04 Å². The average Bonchev–Trinajstić information content (AvgIpc) is 2.53. The van der Waals surface area contributed by atoms with Gasteiger partial charge in [0.2, 0.25) is 10.0 Å². The third-order valence-electron chi connectivity index (χ3n) is 3.26. The summed E-state index contributed by atoms with van der Waals surface area (Å²) in [6.45, 7) is 5.59. The molecule has 0 aliphatic carbocycles. The first-order valence-corrected chi connectivity index (χ1v) is 9.11. The van der Waals surface area contributed by atoms with E-state index in [9.17, 15) is 13.2 Å². The molecule has 0 atom stereocenters. The molecule has 2 aromatic rings. The van der Waals surface area contributed by atoms with E-state index in [1.54, 1.807) is 13.8 Å². The Balaban J connectivity index is 2.10. The Kier molecular flexibility index (Phi) is 5.75. The van der Waals surface area contributed by atoms with Gasteiger partial charge in [0.1, 0.15) is 6.61 Å². The smallest absolute Gasteiger partial charge is 0.338 e. The van der Waals surface area contributed by atoms with E-state index in [0.717, 1.165) is 11.1 Å². The van der Waals surface area contributed by atoms with Crippen molar-refractivity contribution in [3.8, 4) is 0 Å². The van der Waals surface area contributed by atoms with Crippen molar-refractivity contribution in [1.82, 2.24) is 4.72 Å². The van der Waals surface area contributed by atoms with Gasteiger partial charge in [0.05, 0.1) is 10.5 Å². The summed E-state index contributed by atoms with van der Waals surface area (Å²) in [6, 6.07) is 13.2. The minimum atomic E-state index is -3.65. The molecular formula is C18H21NO4S. The zero-order chi connectivity index (χ0) is 17.7. The number of hydrogen-bond acceptors (Lipinski definition) is 4. The molecule has 0 radical (unpaired) electrons.